The van der Waals surface area contributed by atoms with E-state index in [9.17, 15) is 9.59 Å². The van der Waals surface area contributed by atoms with Gasteiger partial charge in [0.05, 0.1) is 17.1 Å². The monoisotopic (exact) mass is 274 g/mol. The maximum absolute atomic E-state index is 11.8. The van der Waals surface area contributed by atoms with Gasteiger partial charge in [-0.25, -0.2) is 0 Å². The molecule has 0 fully saturated rings. The van der Waals surface area contributed by atoms with Gasteiger partial charge < -0.3 is 16.2 Å². The number of carbonyl (C=O) groups is 2. The molecule has 1 amide bonds. The number of carboxylic acid groups (broad SMARTS) is 1. The maximum Gasteiger partial charge on any atom is 0.306 e. The van der Waals surface area contributed by atoms with E-state index < -0.39 is 23.8 Å². The van der Waals surface area contributed by atoms with Crippen molar-refractivity contribution in [2.75, 3.05) is 5.32 Å². The van der Waals surface area contributed by atoms with E-state index >= 15 is 0 Å². The maximum atomic E-state index is 11.8. The first-order chi connectivity index (χ1) is 7.84. The summed E-state index contributed by atoms with van der Waals surface area (Å²) in [6.45, 7) is 0. The highest BCUT2D eigenvalue weighted by molar-refractivity contribution is 6.37. The second-order valence-corrected chi connectivity index (χ2v) is 4.65. The molecule has 0 spiro atoms. The quantitative estimate of drug-likeness (QED) is 0.763. The number of carboxylic acids is 1. The van der Waals surface area contributed by atoms with E-state index in [1.54, 1.807) is 0 Å². The molecule has 1 aliphatic heterocycles. The zero-order valence-corrected chi connectivity index (χ0v) is 9.97. The Morgan fingerprint density at radius 3 is 2.71 bits per heavy atom. The molecule has 0 saturated carbocycles. The Bertz CT molecular complexity index is 533. The topological polar surface area (TPSA) is 92.4 Å². The molecule has 2 rings (SSSR count). The van der Waals surface area contributed by atoms with Crippen LogP contribution in [0.25, 0.3) is 0 Å². The number of nitrogens with one attached hydrogen (secondary N) is 1. The lowest BCUT2D eigenvalue weighted by Crippen LogP contribution is -2.45. The van der Waals surface area contributed by atoms with Gasteiger partial charge in [-0.15, -0.1) is 0 Å². The first-order valence-electron chi connectivity index (χ1n) is 4.66. The van der Waals surface area contributed by atoms with Crippen LogP contribution in [0.5, 0.6) is 0 Å². The van der Waals surface area contributed by atoms with Crippen molar-refractivity contribution in [2.24, 2.45) is 5.73 Å². The number of anilines is 1. The van der Waals surface area contributed by atoms with Crippen molar-refractivity contribution < 1.29 is 14.7 Å². The van der Waals surface area contributed by atoms with Crippen molar-refractivity contribution in [1.29, 1.82) is 0 Å². The lowest BCUT2D eigenvalue weighted by molar-refractivity contribution is -0.140. The van der Waals surface area contributed by atoms with Crippen LogP contribution in [0.2, 0.25) is 10.0 Å². The lowest BCUT2D eigenvalue weighted by atomic mass is 9.89. The smallest absolute Gasteiger partial charge is 0.306 e. The number of benzene rings is 1. The van der Waals surface area contributed by atoms with Crippen molar-refractivity contribution in [2.45, 2.75) is 12.0 Å². The Morgan fingerprint density at radius 2 is 2.12 bits per heavy atom. The largest absolute Gasteiger partial charge is 0.481 e. The molecular formula is C10H8Cl2N2O3. The second kappa shape index (κ2) is 3.87. The van der Waals surface area contributed by atoms with Crippen LogP contribution in [0.1, 0.15) is 12.0 Å². The first-order valence-corrected chi connectivity index (χ1v) is 5.42. The molecule has 0 radical (unpaired) electrons. The Labute approximate surface area is 106 Å². The van der Waals surface area contributed by atoms with Crippen LogP contribution in [0, 0.1) is 0 Å². The number of halogens is 2. The summed E-state index contributed by atoms with van der Waals surface area (Å²) < 4.78 is 0. The van der Waals surface area contributed by atoms with Crippen LogP contribution >= 0.6 is 23.2 Å². The number of hydrogen-bond acceptors (Lipinski definition) is 3. The van der Waals surface area contributed by atoms with E-state index in [0.29, 0.717) is 16.3 Å². The third-order valence-electron chi connectivity index (χ3n) is 2.61. The molecule has 1 aromatic rings. The number of aliphatic carboxylic acids is 1. The summed E-state index contributed by atoms with van der Waals surface area (Å²) in [6, 6.07) is 2.90. The highest BCUT2D eigenvalue weighted by Crippen LogP contribution is 2.42. The summed E-state index contributed by atoms with van der Waals surface area (Å²) in [4.78, 5) is 22.5. The SMILES string of the molecule is N[C@@]1(CC(=O)O)C(=O)Nc2c(Cl)cc(Cl)cc21. The molecule has 5 nitrogen and oxygen atoms in total. The molecule has 4 N–H and O–H groups in total. The molecular weight excluding hydrogens is 267 g/mol. The van der Waals surface area contributed by atoms with Crippen molar-refractivity contribution in [3.63, 3.8) is 0 Å². The van der Waals surface area contributed by atoms with Crippen LogP contribution in [-0.4, -0.2) is 17.0 Å². The minimum absolute atomic E-state index is 0.235. The van der Waals surface area contributed by atoms with E-state index in [4.69, 9.17) is 34.0 Å². The normalized spacial score (nSPS) is 22.2. The Balaban J connectivity index is 2.60. The average Bonchev–Trinajstić information content (AvgIpc) is 2.41. The zero-order chi connectivity index (χ0) is 12.8. The molecule has 1 aliphatic rings. The third kappa shape index (κ3) is 1.86. The van der Waals surface area contributed by atoms with E-state index in [2.05, 4.69) is 5.32 Å². The van der Waals surface area contributed by atoms with Gasteiger partial charge in [0.2, 0.25) is 5.91 Å². The molecule has 0 aromatic heterocycles. The van der Waals surface area contributed by atoms with Crippen molar-refractivity contribution in [1.82, 2.24) is 0 Å². The summed E-state index contributed by atoms with van der Waals surface area (Å²) >= 11 is 11.7. The minimum atomic E-state index is -1.63. The van der Waals surface area contributed by atoms with Crippen LogP contribution in [0.15, 0.2) is 12.1 Å². The fraction of sp³-hybridized carbons (Fsp3) is 0.200. The first kappa shape index (κ1) is 12.2. The van der Waals surface area contributed by atoms with Crippen molar-refractivity contribution >= 4 is 40.8 Å². The van der Waals surface area contributed by atoms with Gasteiger partial charge in [0.25, 0.3) is 0 Å². The van der Waals surface area contributed by atoms with Gasteiger partial charge in [0.1, 0.15) is 5.54 Å². The summed E-state index contributed by atoms with van der Waals surface area (Å²) in [5.41, 5.74) is 4.85. The molecule has 90 valence electrons. The predicted molar refractivity (Wildman–Crippen MR) is 63.2 cm³/mol. The van der Waals surface area contributed by atoms with E-state index in [-0.39, 0.29) is 5.02 Å². The molecule has 1 aromatic carbocycles. The molecule has 0 aliphatic carbocycles. The molecule has 0 saturated heterocycles. The van der Waals surface area contributed by atoms with Crippen LogP contribution in [0.4, 0.5) is 5.69 Å². The fourth-order valence-electron chi connectivity index (χ4n) is 1.81. The lowest BCUT2D eigenvalue weighted by Gasteiger charge is -2.19. The van der Waals surface area contributed by atoms with Gasteiger partial charge in [-0.05, 0) is 12.1 Å². The van der Waals surface area contributed by atoms with Crippen LogP contribution in [-0.2, 0) is 15.1 Å². The third-order valence-corrected chi connectivity index (χ3v) is 3.13. The Morgan fingerprint density at radius 1 is 1.47 bits per heavy atom. The van der Waals surface area contributed by atoms with Gasteiger partial charge in [-0.1, -0.05) is 23.2 Å². The zero-order valence-electron chi connectivity index (χ0n) is 8.46. The van der Waals surface area contributed by atoms with E-state index in [1.165, 1.54) is 12.1 Å². The van der Waals surface area contributed by atoms with E-state index in [1.807, 2.05) is 0 Å². The van der Waals surface area contributed by atoms with Crippen LogP contribution in [0.3, 0.4) is 0 Å². The molecule has 17 heavy (non-hydrogen) atoms. The summed E-state index contributed by atoms with van der Waals surface area (Å²) in [5.74, 6) is -1.77. The fourth-order valence-corrected chi connectivity index (χ4v) is 2.35. The van der Waals surface area contributed by atoms with Crippen molar-refractivity contribution in [3.05, 3.63) is 27.7 Å². The number of hydrogen-bond donors (Lipinski definition) is 3. The van der Waals surface area contributed by atoms with Gasteiger partial charge in [0, 0.05) is 10.6 Å². The summed E-state index contributed by atoms with van der Waals surface area (Å²) in [6.07, 6.45) is -0.525. The number of rotatable bonds is 2. The molecule has 1 heterocycles. The van der Waals surface area contributed by atoms with Crippen molar-refractivity contribution in [3.8, 4) is 0 Å². The average molecular weight is 275 g/mol. The number of carbonyl (C=O) groups excluding carboxylic acids is 1. The number of fused-ring (bicyclic) bond motifs is 1. The summed E-state index contributed by atoms with van der Waals surface area (Å²) in [5, 5.41) is 11.8. The van der Waals surface area contributed by atoms with Gasteiger partial charge in [-0.3, -0.25) is 9.59 Å². The molecule has 0 bridgehead atoms. The minimum Gasteiger partial charge on any atom is -0.481 e. The Hall–Kier alpha value is -1.30. The number of amides is 1. The molecule has 0 unspecified atom stereocenters. The van der Waals surface area contributed by atoms with Gasteiger partial charge >= 0.3 is 5.97 Å². The highest BCUT2D eigenvalue weighted by atomic mass is 35.5. The van der Waals surface area contributed by atoms with Gasteiger partial charge in [-0.2, -0.15) is 0 Å². The molecule has 1 atom stereocenters. The van der Waals surface area contributed by atoms with Gasteiger partial charge in [0.15, 0.2) is 0 Å². The summed E-state index contributed by atoms with van der Waals surface area (Å²) in [7, 11) is 0. The number of nitrogens with two attached hydrogens (primary N) is 1. The predicted octanol–water partition coefficient (Wildman–Crippen LogP) is 1.57. The Kier molecular flexibility index (Phi) is 2.77. The van der Waals surface area contributed by atoms with Crippen LogP contribution < -0.4 is 11.1 Å². The second-order valence-electron chi connectivity index (χ2n) is 3.81. The highest BCUT2D eigenvalue weighted by Gasteiger charge is 2.46. The standard InChI is InChI=1S/C10H8Cl2N2O3/c11-4-1-5-8(6(12)2-4)14-9(17)10(5,13)3-7(15)16/h1-2H,3,13H2,(H,14,17)(H,15,16)/t10-/m1/s1. The van der Waals surface area contributed by atoms with E-state index in [0.717, 1.165) is 0 Å². The molecule has 7 heteroatoms.